The van der Waals surface area contributed by atoms with Crippen LogP contribution in [0.4, 0.5) is 0 Å². The van der Waals surface area contributed by atoms with E-state index in [1.54, 1.807) is 11.3 Å². The van der Waals surface area contributed by atoms with E-state index in [9.17, 15) is 0 Å². The Bertz CT molecular complexity index is 466. The van der Waals surface area contributed by atoms with Crippen LogP contribution in [0.3, 0.4) is 0 Å². The molecule has 18 heavy (non-hydrogen) atoms. The Balaban J connectivity index is 1.60. The molecule has 1 aromatic heterocycles. The molecule has 0 aliphatic heterocycles. The minimum absolute atomic E-state index is 0.502. The Morgan fingerprint density at radius 3 is 2.50 bits per heavy atom. The highest BCUT2D eigenvalue weighted by molar-refractivity contribution is 7.13. The summed E-state index contributed by atoms with van der Waals surface area (Å²) in [5, 5.41) is 2.12. The van der Waals surface area contributed by atoms with Crippen molar-refractivity contribution in [3.05, 3.63) is 47.3 Å². The quantitative estimate of drug-likeness (QED) is 0.760. The van der Waals surface area contributed by atoms with Gasteiger partial charge in [-0.15, -0.1) is 11.3 Å². The Morgan fingerprint density at radius 1 is 1.06 bits per heavy atom. The molecule has 0 saturated heterocycles. The molecule has 1 nitrogen and oxygen atoms in total. The van der Waals surface area contributed by atoms with Gasteiger partial charge in [0.2, 0.25) is 0 Å². The summed E-state index contributed by atoms with van der Waals surface area (Å²) in [6.45, 7) is 0.759. The molecule has 1 heterocycles. The largest absolute Gasteiger partial charge is 0.374 e. The van der Waals surface area contributed by atoms with Crippen LogP contribution in [-0.2, 0) is 11.3 Å². The maximum Gasteiger partial charge on any atom is 0.0720 e. The third kappa shape index (κ3) is 2.82. The highest BCUT2D eigenvalue weighted by atomic mass is 32.1. The van der Waals surface area contributed by atoms with Gasteiger partial charge in [-0.3, -0.25) is 0 Å². The zero-order chi connectivity index (χ0) is 12.2. The summed E-state index contributed by atoms with van der Waals surface area (Å²) >= 11 is 1.78. The second-order valence-electron chi connectivity index (χ2n) is 4.89. The number of ether oxygens (including phenoxy) is 1. The van der Waals surface area contributed by atoms with Gasteiger partial charge in [0, 0.05) is 4.88 Å². The zero-order valence-electron chi connectivity index (χ0n) is 10.5. The first-order chi connectivity index (χ1) is 8.92. The van der Waals surface area contributed by atoms with E-state index < -0.39 is 0 Å². The Labute approximate surface area is 112 Å². The summed E-state index contributed by atoms with van der Waals surface area (Å²) in [6, 6.07) is 13.0. The summed E-state index contributed by atoms with van der Waals surface area (Å²) in [4.78, 5) is 1.33. The molecule has 0 bridgehead atoms. The van der Waals surface area contributed by atoms with Crippen LogP contribution in [0, 0.1) is 0 Å². The van der Waals surface area contributed by atoms with E-state index >= 15 is 0 Å². The molecule has 1 aliphatic rings. The van der Waals surface area contributed by atoms with Crippen molar-refractivity contribution in [3.63, 3.8) is 0 Å². The van der Waals surface area contributed by atoms with E-state index in [1.807, 2.05) is 0 Å². The average molecular weight is 258 g/mol. The Morgan fingerprint density at radius 2 is 1.83 bits per heavy atom. The minimum atomic E-state index is 0.502. The van der Waals surface area contributed by atoms with Crippen LogP contribution in [0.2, 0.25) is 0 Å². The first kappa shape index (κ1) is 11.9. The maximum absolute atomic E-state index is 5.92. The first-order valence-corrected chi connectivity index (χ1v) is 7.54. The summed E-state index contributed by atoms with van der Waals surface area (Å²) < 4.78 is 5.92. The maximum atomic E-state index is 5.92. The minimum Gasteiger partial charge on any atom is -0.374 e. The number of benzene rings is 1. The van der Waals surface area contributed by atoms with Gasteiger partial charge in [0.15, 0.2) is 0 Å². The predicted molar refractivity (Wildman–Crippen MR) is 76.8 cm³/mol. The molecule has 1 aromatic carbocycles. The number of hydrogen-bond donors (Lipinski definition) is 0. The van der Waals surface area contributed by atoms with Crippen LogP contribution < -0.4 is 0 Å². The molecule has 3 rings (SSSR count). The summed E-state index contributed by atoms with van der Waals surface area (Å²) in [6.07, 6.45) is 5.66. The van der Waals surface area contributed by atoms with Crippen LogP contribution in [0.5, 0.6) is 0 Å². The van der Waals surface area contributed by atoms with Gasteiger partial charge >= 0.3 is 0 Å². The van der Waals surface area contributed by atoms with Gasteiger partial charge in [0.25, 0.3) is 0 Å². The number of thiophene rings is 1. The van der Waals surface area contributed by atoms with Gasteiger partial charge in [-0.2, -0.15) is 0 Å². The molecule has 94 valence electrons. The van der Waals surface area contributed by atoms with E-state index in [-0.39, 0.29) is 0 Å². The first-order valence-electron chi connectivity index (χ1n) is 6.66. The van der Waals surface area contributed by atoms with Gasteiger partial charge in [-0.25, -0.2) is 0 Å². The molecular formula is C16H18OS. The summed E-state index contributed by atoms with van der Waals surface area (Å²) in [5.41, 5.74) is 2.58. The van der Waals surface area contributed by atoms with E-state index in [4.69, 9.17) is 4.74 Å². The summed E-state index contributed by atoms with van der Waals surface area (Å²) in [7, 11) is 0. The third-order valence-corrected chi connectivity index (χ3v) is 4.47. The van der Waals surface area contributed by atoms with E-state index in [0.29, 0.717) is 6.10 Å². The fourth-order valence-electron chi connectivity index (χ4n) is 2.48. The van der Waals surface area contributed by atoms with Crippen molar-refractivity contribution in [1.82, 2.24) is 0 Å². The monoisotopic (exact) mass is 258 g/mol. The fraction of sp³-hybridized carbons (Fsp3) is 0.375. The van der Waals surface area contributed by atoms with Gasteiger partial charge in [0.05, 0.1) is 12.7 Å². The predicted octanol–water partition coefficient (Wildman–Crippen LogP) is 4.87. The molecule has 0 unspecified atom stereocenters. The standard InChI is InChI=1S/C16H18OS/c1-2-5-15(4-1)17-12-13-7-9-14(10-8-13)16-6-3-11-18-16/h3,6-11,15H,1-2,4-5,12H2. The van der Waals surface area contributed by atoms with Crippen molar-refractivity contribution in [2.45, 2.75) is 38.4 Å². The van der Waals surface area contributed by atoms with Crippen molar-refractivity contribution in [2.24, 2.45) is 0 Å². The molecular weight excluding hydrogens is 240 g/mol. The Kier molecular flexibility index (Phi) is 3.77. The second-order valence-corrected chi connectivity index (χ2v) is 5.84. The number of rotatable bonds is 4. The molecule has 1 aliphatic carbocycles. The lowest BCUT2D eigenvalue weighted by atomic mass is 10.1. The van der Waals surface area contributed by atoms with E-state index in [1.165, 1.54) is 41.7 Å². The van der Waals surface area contributed by atoms with Gasteiger partial charge in [-0.1, -0.05) is 43.2 Å². The van der Waals surface area contributed by atoms with Crippen LogP contribution in [0.25, 0.3) is 10.4 Å². The molecule has 0 spiro atoms. The summed E-state index contributed by atoms with van der Waals surface area (Å²) in [5.74, 6) is 0. The molecule has 0 radical (unpaired) electrons. The normalized spacial score (nSPS) is 16.2. The average Bonchev–Trinajstić information content (AvgIpc) is 3.10. The third-order valence-electron chi connectivity index (χ3n) is 3.55. The van der Waals surface area contributed by atoms with E-state index in [0.717, 1.165) is 6.61 Å². The molecule has 2 aromatic rings. The fourth-order valence-corrected chi connectivity index (χ4v) is 3.21. The molecule has 0 amide bonds. The Hall–Kier alpha value is -1.12. The van der Waals surface area contributed by atoms with Crippen molar-refractivity contribution in [1.29, 1.82) is 0 Å². The molecule has 0 atom stereocenters. The molecule has 0 N–H and O–H groups in total. The lowest BCUT2D eigenvalue weighted by Gasteiger charge is -2.11. The van der Waals surface area contributed by atoms with Gasteiger partial charge in [0.1, 0.15) is 0 Å². The van der Waals surface area contributed by atoms with Gasteiger partial charge < -0.3 is 4.74 Å². The lowest BCUT2D eigenvalue weighted by molar-refractivity contribution is 0.0457. The van der Waals surface area contributed by atoms with Crippen molar-refractivity contribution in [3.8, 4) is 10.4 Å². The zero-order valence-corrected chi connectivity index (χ0v) is 11.3. The van der Waals surface area contributed by atoms with Crippen LogP contribution in [0.1, 0.15) is 31.2 Å². The highest BCUT2D eigenvalue weighted by Crippen LogP contribution is 2.26. The van der Waals surface area contributed by atoms with Crippen LogP contribution in [-0.4, -0.2) is 6.10 Å². The molecule has 1 fully saturated rings. The van der Waals surface area contributed by atoms with Crippen LogP contribution in [0.15, 0.2) is 41.8 Å². The van der Waals surface area contributed by atoms with Crippen molar-refractivity contribution >= 4 is 11.3 Å². The van der Waals surface area contributed by atoms with E-state index in [2.05, 4.69) is 41.8 Å². The number of hydrogen-bond acceptors (Lipinski definition) is 2. The second kappa shape index (κ2) is 5.68. The van der Waals surface area contributed by atoms with Gasteiger partial charge in [-0.05, 0) is 35.4 Å². The smallest absolute Gasteiger partial charge is 0.0720 e. The van der Waals surface area contributed by atoms with Crippen molar-refractivity contribution < 1.29 is 4.74 Å². The lowest BCUT2D eigenvalue weighted by Crippen LogP contribution is -2.06. The SMILES string of the molecule is c1csc(-c2ccc(COC3CCCC3)cc2)c1. The van der Waals surface area contributed by atoms with Crippen molar-refractivity contribution in [2.75, 3.05) is 0 Å². The topological polar surface area (TPSA) is 9.23 Å². The van der Waals surface area contributed by atoms with Crippen LogP contribution >= 0.6 is 11.3 Å². The highest BCUT2D eigenvalue weighted by Gasteiger charge is 2.14. The molecule has 1 saturated carbocycles. The molecule has 2 heteroatoms.